The molecule has 180 valence electrons. The summed E-state index contributed by atoms with van der Waals surface area (Å²) < 4.78 is 7.60. The number of aliphatic hydroxyl groups excluding tert-OH is 1. The third-order valence-electron chi connectivity index (χ3n) is 7.02. The van der Waals surface area contributed by atoms with Gasteiger partial charge in [0.05, 0.1) is 17.3 Å². The number of anilines is 3. The second-order valence-corrected chi connectivity index (χ2v) is 9.49. The lowest BCUT2D eigenvalue weighted by Gasteiger charge is -2.62. The van der Waals surface area contributed by atoms with Crippen molar-refractivity contribution in [1.82, 2.24) is 34.5 Å². The van der Waals surface area contributed by atoms with Gasteiger partial charge in [-0.15, -0.1) is 0 Å². The lowest BCUT2D eigenvalue weighted by molar-refractivity contribution is -0.0914. The number of aromatic nitrogens is 7. The van der Waals surface area contributed by atoms with Crippen LogP contribution in [0.15, 0.2) is 55.4 Å². The van der Waals surface area contributed by atoms with E-state index in [4.69, 9.17) is 21.3 Å². The highest BCUT2D eigenvalue weighted by Crippen LogP contribution is 2.47. The Hall–Kier alpha value is -4.09. The maximum Gasteiger partial charge on any atom is 0.226 e. The molecule has 5 heterocycles. The summed E-state index contributed by atoms with van der Waals surface area (Å²) in [6.45, 7) is 2.80. The highest BCUT2D eigenvalue weighted by Gasteiger charge is 2.58. The van der Waals surface area contributed by atoms with Crippen molar-refractivity contribution in [1.29, 1.82) is 0 Å². The van der Waals surface area contributed by atoms with E-state index >= 15 is 0 Å². The number of pyridine rings is 1. The average molecular weight is 502 g/mol. The summed E-state index contributed by atoms with van der Waals surface area (Å²) in [7, 11) is 0. The maximum atomic E-state index is 10.1. The zero-order valence-corrected chi connectivity index (χ0v) is 19.8. The van der Waals surface area contributed by atoms with Gasteiger partial charge in [-0.05, 0) is 24.3 Å². The van der Waals surface area contributed by atoms with Crippen LogP contribution in [0.1, 0.15) is 6.92 Å². The number of hydrogen-bond donors (Lipinski definition) is 2. The van der Waals surface area contributed by atoms with E-state index < -0.39 is 0 Å². The lowest BCUT2D eigenvalue weighted by Crippen LogP contribution is -2.74. The van der Waals surface area contributed by atoms with Gasteiger partial charge >= 0.3 is 0 Å². The first kappa shape index (κ1) is 21.2. The van der Waals surface area contributed by atoms with Crippen LogP contribution in [0.5, 0.6) is 11.5 Å². The first-order chi connectivity index (χ1) is 17.5. The number of piperidine rings is 1. The van der Waals surface area contributed by atoms with Crippen molar-refractivity contribution < 1.29 is 9.84 Å². The second-order valence-electron chi connectivity index (χ2n) is 9.08. The lowest BCUT2D eigenvalue weighted by atomic mass is 9.61. The molecule has 12 heteroatoms. The highest BCUT2D eigenvalue weighted by molar-refractivity contribution is 6.32. The van der Waals surface area contributed by atoms with E-state index in [-0.39, 0.29) is 18.1 Å². The van der Waals surface area contributed by atoms with Crippen molar-refractivity contribution in [2.75, 3.05) is 16.8 Å². The van der Waals surface area contributed by atoms with Gasteiger partial charge in [0.15, 0.2) is 11.5 Å². The van der Waals surface area contributed by atoms with E-state index in [1.165, 1.54) is 12.7 Å². The molecular formula is C24H20ClN9O2. The molecule has 4 atom stereocenters. The largest absolute Gasteiger partial charge is 0.456 e. The monoisotopic (exact) mass is 501 g/mol. The molecule has 0 radical (unpaired) electrons. The number of nitrogens with one attached hydrogen (secondary N) is 1. The molecule has 36 heavy (non-hydrogen) atoms. The number of halogens is 1. The van der Waals surface area contributed by atoms with E-state index in [0.29, 0.717) is 50.9 Å². The molecule has 0 amide bonds. The predicted molar refractivity (Wildman–Crippen MR) is 133 cm³/mol. The number of ether oxygens (including phenoxy) is 1. The molecule has 1 saturated heterocycles. The first-order valence-corrected chi connectivity index (χ1v) is 11.9. The van der Waals surface area contributed by atoms with Crippen LogP contribution in [0.4, 0.5) is 17.5 Å². The molecule has 1 unspecified atom stereocenters. The minimum Gasteiger partial charge on any atom is -0.456 e. The third kappa shape index (κ3) is 3.31. The minimum absolute atomic E-state index is 0.203. The predicted octanol–water partition coefficient (Wildman–Crippen LogP) is 3.47. The van der Waals surface area contributed by atoms with Crippen LogP contribution >= 0.6 is 11.6 Å². The molecule has 0 bridgehead atoms. The smallest absolute Gasteiger partial charge is 0.226 e. The number of hydrogen-bond acceptors (Lipinski definition) is 10. The van der Waals surface area contributed by atoms with Crippen LogP contribution in [0.25, 0.3) is 16.7 Å². The minimum atomic E-state index is -0.241. The molecule has 4 aromatic heterocycles. The highest BCUT2D eigenvalue weighted by atomic mass is 35.5. The molecule has 7 rings (SSSR count). The summed E-state index contributed by atoms with van der Waals surface area (Å²) in [4.78, 5) is 24.3. The fourth-order valence-electron chi connectivity index (χ4n) is 5.06. The quantitative estimate of drug-likeness (QED) is 0.369. The van der Waals surface area contributed by atoms with Crippen LogP contribution in [0.3, 0.4) is 0 Å². The molecule has 5 aromatic rings. The van der Waals surface area contributed by atoms with Gasteiger partial charge in [-0.25, -0.2) is 29.4 Å². The number of rotatable bonds is 5. The van der Waals surface area contributed by atoms with E-state index in [1.54, 1.807) is 41.2 Å². The first-order valence-electron chi connectivity index (χ1n) is 11.5. The Kier molecular flexibility index (Phi) is 4.70. The number of benzene rings is 1. The number of aliphatic hydroxyl groups is 1. The Morgan fingerprint density at radius 1 is 1.11 bits per heavy atom. The molecule has 0 spiro atoms. The van der Waals surface area contributed by atoms with Gasteiger partial charge < -0.3 is 20.1 Å². The third-order valence-corrected chi connectivity index (χ3v) is 7.31. The second kappa shape index (κ2) is 7.97. The molecule has 1 aliphatic heterocycles. The Bertz CT molecular complexity index is 1620. The van der Waals surface area contributed by atoms with Crippen LogP contribution in [-0.4, -0.2) is 58.3 Å². The summed E-state index contributed by atoms with van der Waals surface area (Å²) in [6, 6.07) is 9.25. The van der Waals surface area contributed by atoms with Gasteiger partial charge in [-0.1, -0.05) is 18.5 Å². The molecule has 2 aliphatic rings. The van der Waals surface area contributed by atoms with Crippen LogP contribution < -0.4 is 15.0 Å². The molecule has 1 saturated carbocycles. The molecular weight excluding hydrogens is 482 g/mol. The fourth-order valence-corrected chi connectivity index (χ4v) is 5.27. The maximum absolute atomic E-state index is 10.1. The normalized spacial score (nSPS) is 22.7. The summed E-state index contributed by atoms with van der Waals surface area (Å²) in [6.07, 6.45) is 6.18. The van der Waals surface area contributed by atoms with Gasteiger partial charge in [-0.2, -0.15) is 5.10 Å². The van der Waals surface area contributed by atoms with Crippen molar-refractivity contribution in [3.05, 3.63) is 60.4 Å². The van der Waals surface area contributed by atoms with Crippen molar-refractivity contribution in [3.63, 3.8) is 0 Å². The van der Waals surface area contributed by atoms with Gasteiger partial charge in [0.2, 0.25) is 5.95 Å². The molecule has 11 nitrogen and oxygen atoms in total. The fraction of sp³-hybridized carbons (Fsp3) is 0.250. The summed E-state index contributed by atoms with van der Waals surface area (Å²) in [5.74, 6) is 2.77. The van der Waals surface area contributed by atoms with Crippen LogP contribution in [0, 0.1) is 11.8 Å². The Balaban J connectivity index is 1.14. The standard InChI is InChI=1S/C24H20ClN9O2/c1-12-21-15(22(12)35)9-33(21)24-26-8-17-20(32-24)23(29-10-27-17)31-13-2-3-18(16(25)6-13)36-14-4-5-34-19(7-14)28-11-30-34/h2-8,10-12,15,21-22,35H,9H2,1H3,(H,27,29,31)/t12-,15-,21?,22+/m1/s1. The van der Waals surface area contributed by atoms with Crippen LogP contribution in [0.2, 0.25) is 5.02 Å². The molecule has 1 aliphatic carbocycles. The SMILES string of the molecule is C[C@@H]1C2[C@@H](CN2c2ncc3ncnc(Nc4ccc(Oc5ccn6ncnc6c5)c(Cl)c4)c3n2)[C@H]1O. The summed E-state index contributed by atoms with van der Waals surface area (Å²) in [5.41, 5.74) is 2.64. The van der Waals surface area contributed by atoms with E-state index in [0.717, 1.165) is 12.2 Å². The molecule has 2 N–H and O–H groups in total. The zero-order chi connectivity index (χ0) is 24.4. The van der Waals surface area contributed by atoms with Crippen LogP contribution in [-0.2, 0) is 0 Å². The van der Waals surface area contributed by atoms with E-state index in [2.05, 4.69) is 42.2 Å². The summed E-state index contributed by atoms with van der Waals surface area (Å²) >= 11 is 6.53. The molecule has 2 fully saturated rings. The number of fused-ring (bicyclic) bond motifs is 3. The van der Waals surface area contributed by atoms with Crippen molar-refractivity contribution in [3.8, 4) is 11.5 Å². The Morgan fingerprint density at radius 2 is 2.03 bits per heavy atom. The summed E-state index contributed by atoms with van der Waals surface area (Å²) in [5, 5.41) is 17.9. The van der Waals surface area contributed by atoms with Gasteiger partial charge in [0.25, 0.3) is 0 Å². The Morgan fingerprint density at radius 3 is 2.89 bits per heavy atom. The Labute approximate surface area is 209 Å². The van der Waals surface area contributed by atoms with Gasteiger partial charge in [0.1, 0.15) is 35.2 Å². The zero-order valence-electron chi connectivity index (χ0n) is 19.0. The number of nitrogens with zero attached hydrogens (tertiary/aromatic N) is 8. The van der Waals surface area contributed by atoms with E-state index in [1.807, 2.05) is 6.07 Å². The van der Waals surface area contributed by atoms with Crippen molar-refractivity contribution in [2.45, 2.75) is 19.1 Å². The van der Waals surface area contributed by atoms with Gasteiger partial charge in [-0.3, -0.25) is 0 Å². The molecule has 1 aromatic carbocycles. The van der Waals surface area contributed by atoms with Crippen molar-refractivity contribution >= 4 is 45.7 Å². The van der Waals surface area contributed by atoms with E-state index in [9.17, 15) is 5.11 Å². The van der Waals surface area contributed by atoms with Gasteiger partial charge in [0, 0.05) is 42.4 Å². The topological polar surface area (TPSA) is 126 Å². The van der Waals surface area contributed by atoms with Crippen molar-refractivity contribution in [2.24, 2.45) is 11.8 Å². The average Bonchev–Trinajstić information content (AvgIpc) is 3.33.